The molecule has 8 nitrogen and oxygen atoms in total. The molecule has 0 spiro atoms. The van der Waals surface area contributed by atoms with E-state index in [0.29, 0.717) is 19.5 Å². The van der Waals surface area contributed by atoms with Crippen molar-refractivity contribution in [1.29, 1.82) is 0 Å². The fourth-order valence-electron chi connectivity index (χ4n) is 3.68. The molecule has 3 heterocycles. The van der Waals surface area contributed by atoms with Gasteiger partial charge >= 0.3 is 0 Å². The lowest BCUT2D eigenvalue weighted by molar-refractivity contribution is -0.156. The van der Waals surface area contributed by atoms with E-state index in [1.54, 1.807) is 6.07 Å². The number of benzene rings is 1. The maximum atomic E-state index is 13.0. The van der Waals surface area contributed by atoms with E-state index in [4.69, 9.17) is 4.42 Å². The largest absolute Gasteiger partial charge is 0.459 e. The fourth-order valence-corrected chi connectivity index (χ4v) is 3.68. The van der Waals surface area contributed by atoms with E-state index < -0.39 is 5.91 Å². The van der Waals surface area contributed by atoms with Gasteiger partial charge in [-0.1, -0.05) is 18.2 Å². The summed E-state index contributed by atoms with van der Waals surface area (Å²) in [6.45, 7) is 2.68. The molecule has 8 heteroatoms. The van der Waals surface area contributed by atoms with E-state index in [9.17, 15) is 14.4 Å². The summed E-state index contributed by atoms with van der Waals surface area (Å²) in [4.78, 5) is 40.8. The molecule has 0 unspecified atom stereocenters. The maximum Gasteiger partial charge on any atom is 0.287 e. The van der Waals surface area contributed by atoms with Crippen molar-refractivity contribution in [3.05, 3.63) is 59.7 Å². The van der Waals surface area contributed by atoms with Crippen LogP contribution in [0.3, 0.4) is 0 Å². The first-order chi connectivity index (χ1) is 14.0. The number of aryl methyl sites for hydroxylation is 1. The topological polar surface area (TPSA) is 98.6 Å². The summed E-state index contributed by atoms with van der Waals surface area (Å²) in [5, 5.41) is 6.46. The highest BCUT2D eigenvalue weighted by Gasteiger charge is 2.31. The Morgan fingerprint density at radius 2 is 1.83 bits per heavy atom. The summed E-state index contributed by atoms with van der Waals surface area (Å²) in [7, 11) is 0. The van der Waals surface area contributed by atoms with E-state index in [0.717, 1.165) is 22.2 Å². The van der Waals surface area contributed by atoms with Crippen molar-refractivity contribution < 1.29 is 18.8 Å². The number of nitrogens with zero attached hydrogens (tertiary/aromatic N) is 2. The van der Waals surface area contributed by atoms with Gasteiger partial charge in [0, 0.05) is 29.7 Å². The first-order valence-electron chi connectivity index (χ1n) is 9.53. The summed E-state index contributed by atoms with van der Waals surface area (Å²) in [5.74, 6) is -0.788. The second-order valence-corrected chi connectivity index (χ2v) is 7.00. The van der Waals surface area contributed by atoms with Gasteiger partial charge in [0.25, 0.3) is 11.8 Å². The molecular weight excluding hydrogens is 372 g/mol. The number of hydrogen-bond acceptors (Lipinski definition) is 4. The van der Waals surface area contributed by atoms with Gasteiger partial charge in [0.2, 0.25) is 5.91 Å². The average Bonchev–Trinajstić information content (AvgIpc) is 3.46. The van der Waals surface area contributed by atoms with Crippen LogP contribution in [-0.2, 0) is 16.0 Å². The van der Waals surface area contributed by atoms with Crippen LogP contribution >= 0.6 is 0 Å². The molecule has 150 valence electrons. The number of carbonyl (C=O) groups is 3. The number of para-hydroxylation sites is 1. The lowest BCUT2D eigenvalue weighted by atomic mass is 10.1. The van der Waals surface area contributed by atoms with Crippen LogP contribution in [0.4, 0.5) is 0 Å². The molecular formula is C21H22N4O4. The minimum absolute atomic E-state index is 0.138. The zero-order chi connectivity index (χ0) is 20.4. The summed E-state index contributed by atoms with van der Waals surface area (Å²) in [6.07, 6.45) is 2.30. The Kier molecular flexibility index (Phi) is 5.07. The lowest BCUT2D eigenvalue weighted by Crippen LogP contribution is -2.49. The summed E-state index contributed by atoms with van der Waals surface area (Å²) in [6, 6.07) is 11.0. The average molecular weight is 394 g/mol. The minimum atomic E-state index is -0.463. The number of rotatable bonds is 5. The van der Waals surface area contributed by atoms with Crippen molar-refractivity contribution in [2.45, 2.75) is 19.8 Å². The van der Waals surface area contributed by atoms with E-state index >= 15 is 0 Å². The number of fused-ring (bicyclic) bond motifs is 1. The molecule has 0 bridgehead atoms. The molecule has 1 aliphatic heterocycles. The van der Waals surface area contributed by atoms with Crippen molar-refractivity contribution in [1.82, 2.24) is 20.3 Å². The predicted octanol–water partition coefficient (Wildman–Crippen LogP) is 2.02. The van der Waals surface area contributed by atoms with E-state index in [-0.39, 0.29) is 30.5 Å². The third-order valence-corrected chi connectivity index (χ3v) is 5.11. The van der Waals surface area contributed by atoms with Gasteiger partial charge in [0.15, 0.2) is 5.76 Å². The van der Waals surface area contributed by atoms with Crippen LogP contribution in [0, 0.1) is 6.92 Å². The van der Waals surface area contributed by atoms with E-state index in [1.165, 1.54) is 22.3 Å². The van der Waals surface area contributed by atoms with Crippen molar-refractivity contribution >= 4 is 28.6 Å². The maximum absolute atomic E-state index is 13.0. The molecule has 3 amide bonds. The molecule has 2 aromatic heterocycles. The molecule has 1 saturated heterocycles. The predicted molar refractivity (Wildman–Crippen MR) is 106 cm³/mol. The van der Waals surface area contributed by atoms with Crippen molar-refractivity contribution in [2.75, 3.05) is 19.6 Å². The van der Waals surface area contributed by atoms with Gasteiger partial charge in [-0.05, 0) is 37.1 Å². The first kappa shape index (κ1) is 18.8. The van der Waals surface area contributed by atoms with Crippen molar-refractivity contribution in [3.8, 4) is 0 Å². The molecule has 0 atom stereocenters. The van der Waals surface area contributed by atoms with E-state index in [1.807, 2.05) is 31.2 Å². The second kappa shape index (κ2) is 7.83. The lowest BCUT2D eigenvalue weighted by Gasteiger charge is -2.28. The minimum Gasteiger partial charge on any atom is -0.459 e. The third-order valence-electron chi connectivity index (χ3n) is 5.11. The molecule has 4 rings (SSSR count). The zero-order valence-electron chi connectivity index (χ0n) is 16.1. The molecule has 1 aromatic carbocycles. The molecule has 2 N–H and O–H groups in total. The second-order valence-electron chi connectivity index (χ2n) is 7.00. The zero-order valence-corrected chi connectivity index (χ0v) is 16.1. The standard InChI is InChI=1S/C21H22N4O4/c1-14-16(15-6-2-3-7-17(15)23-14)12-19(26)24-9-5-10-25(24)20(27)13-22-21(28)18-8-4-11-29-18/h2-4,6-8,11,23H,5,9-10,12-13H2,1H3,(H,22,28). The Hall–Kier alpha value is -3.55. The molecule has 1 aliphatic rings. The normalized spacial score (nSPS) is 13.8. The Balaban J connectivity index is 1.42. The fraction of sp³-hybridized carbons (Fsp3) is 0.286. The molecule has 0 aliphatic carbocycles. The van der Waals surface area contributed by atoms with Gasteiger partial charge in [0.05, 0.1) is 19.2 Å². The number of furan rings is 1. The smallest absolute Gasteiger partial charge is 0.287 e. The Labute approximate surface area is 167 Å². The van der Waals surface area contributed by atoms with Gasteiger partial charge in [-0.15, -0.1) is 0 Å². The summed E-state index contributed by atoms with van der Waals surface area (Å²) in [5.41, 5.74) is 2.88. The van der Waals surface area contributed by atoms with Gasteiger partial charge in [-0.2, -0.15) is 0 Å². The summed E-state index contributed by atoms with van der Waals surface area (Å²) >= 11 is 0. The van der Waals surface area contributed by atoms with Crippen LogP contribution in [0.2, 0.25) is 0 Å². The van der Waals surface area contributed by atoms with Gasteiger partial charge in [-0.25, -0.2) is 5.01 Å². The number of aromatic nitrogens is 1. The van der Waals surface area contributed by atoms with Gasteiger partial charge in [-0.3, -0.25) is 19.4 Å². The highest BCUT2D eigenvalue weighted by molar-refractivity contribution is 5.95. The van der Waals surface area contributed by atoms with Crippen LogP contribution < -0.4 is 5.32 Å². The Morgan fingerprint density at radius 3 is 2.59 bits per heavy atom. The van der Waals surface area contributed by atoms with Crippen LogP contribution in [0.1, 0.15) is 28.2 Å². The first-order valence-corrected chi connectivity index (χ1v) is 9.53. The Morgan fingerprint density at radius 1 is 1.07 bits per heavy atom. The Bertz CT molecular complexity index is 1050. The molecule has 0 radical (unpaired) electrons. The molecule has 3 aromatic rings. The van der Waals surface area contributed by atoms with Crippen molar-refractivity contribution in [3.63, 3.8) is 0 Å². The van der Waals surface area contributed by atoms with Crippen LogP contribution in [0.15, 0.2) is 47.1 Å². The van der Waals surface area contributed by atoms with Crippen LogP contribution in [-0.4, -0.2) is 52.4 Å². The van der Waals surface area contributed by atoms with Crippen LogP contribution in [0.5, 0.6) is 0 Å². The molecule has 1 fully saturated rings. The number of carbonyl (C=O) groups excluding carboxylic acids is 3. The number of hydrazine groups is 1. The number of nitrogens with one attached hydrogen (secondary N) is 2. The molecule has 0 saturated carbocycles. The monoisotopic (exact) mass is 394 g/mol. The number of hydrogen-bond donors (Lipinski definition) is 2. The molecule has 29 heavy (non-hydrogen) atoms. The highest BCUT2D eigenvalue weighted by atomic mass is 16.3. The van der Waals surface area contributed by atoms with Crippen LogP contribution in [0.25, 0.3) is 10.9 Å². The van der Waals surface area contributed by atoms with Gasteiger partial charge < -0.3 is 14.7 Å². The van der Waals surface area contributed by atoms with Gasteiger partial charge in [0.1, 0.15) is 0 Å². The number of H-pyrrole nitrogens is 1. The van der Waals surface area contributed by atoms with Crippen molar-refractivity contribution in [2.24, 2.45) is 0 Å². The third kappa shape index (κ3) is 3.73. The van der Waals surface area contributed by atoms with E-state index in [2.05, 4.69) is 10.3 Å². The quantitative estimate of drug-likeness (QED) is 0.692. The number of aromatic amines is 1. The number of amides is 3. The highest BCUT2D eigenvalue weighted by Crippen LogP contribution is 2.24. The summed E-state index contributed by atoms with van der Waals surface area (Å²) < 4.78 is 5.01. The SMILES string of the molecule is Cc1[nH]c2ccccc2c1CC(=O)N1CCCN1C(=O)CNC(=O)c1ccco1.